The van der Waals surface area contributed by atoms with Crippen molar-refractivity contribution in [1.29, 1.82) is 0 Å². The number of carbonyl (C=O) groups excluding carboxylic acids is 1. The Kier molecular flexibility index (Phi) is 7.91. The zero-order valence-corrected chi connectivity index (χ0v) is 21.7. The van der Waals surface area contributed by atoms with Crippen molar-refractivity contribution in [2.45, 2.75) is 47.0 Å². The van der Waals surface area contributed by atoms with E-state index in [0.717, 1.165) is 25.6 Å². The molecule has 1 unspecified atom stereocenters. The first-order valence-electron chi connectivity index (χ1n) is 11.8. The normalized spacial score (nSPS) is 13.9. The van der Waals surface area contributed by atoms with Crippen molar-refractivity contribution in [2.24, 2.45) is 20.0 Å². The van der Waals surface area contributed by atoms with Crippen LogP contribution in [-0.2, 0) is 18.9 Å². The first-order chi connectivity index (χ1) is 16.9. The highest BCUT2D eigenvalue weighted by Crippen LogP contribution is 2.13. The number of hydrogen-bond donors (Lipinski definition) is 2. The summed E-state index contributed by atoms with van der Waals surface area (Å²) in [7, 11) is 2.76. The minimum Gasteiger partial charge on any atom is -0.494 e. The molecule has 0 radical (unpaired) electrons. The van der Waals surface area contributed by atoms with Crippen molar-refractivity contribution in [2.75, 3.05) is 6.54 Å². The number of aromatic hydroxyl groups is 1. The van der Waals surface area contributed by atoms with Crippen LogP contribution in [0.15, 0.2) is 27.3 Å². The van der Waals surface area contributed by atoms with Crippen LogP contribution in [0.1, 0.15) is 57.1 Å². The summed E-state index contributed by atoms with van der Waals surface area (Å²) in [6, 6.07) is 0. The molecule has 11 nitrogen and oxygen atoms in total. The average molecular weight is 496 g/mol. The minimum atomic E-state index is -0.599. The van der Waals surface area contributed by atoms with E-state index in [-0.39, 0.29) is 23.3 Å². The van der Waals surface area contributed by atoms with Gasteiger partial charge in [0.15, 0.2) is 11.5 Å². The minimum absolute atomic E-state index is 0.00983. The molecular weight excluding hydrogens is 462 g/mol. The van der Waals surface area contributed by atoms with Crippen molar-refractivity contribution in [3.05, 3.63) is 60.9 Å². The molecule has 0 aliphatic rings. The van der Waals surface area contributed by atoms with E-state index in [1.165, 1.54) is 24.8 Å². The van der Waals surface area contributed by atoms with E-state index in [2.05, 4.69) is 20.5 Å². The summed E-state index contributed by atoms with van der Waals surface area (Å²) < 4.78 is 3.45. The van der Waals surface area contributed by atoms with E-state index >= 15 is 0 Å². The Morgan fingerprint density at radius 3 is 2.50 bits per heavy atom. The lowest BCUT2D eigenvalue weighted by Crippen LogP contribution is -2.37. The third kappa shape index (κ3) is 5.61. The molecule has 0 aliphatic heterocycles. The summed E-state index contributed by atoms with van der Waals surface area (Å²) in [6.07, 6.45) is 7.34. The molecule has 0 spiro atoms. The Bertz CT molecular complexity index is 1520. The first kappa shape index (κ1) is 26.6. The number of fused-ring (bicyclic) bond motifs is 1. The molecule has 2 N–H and O–H groups in total. The molecule has 3 aromatic heterocycles. The summed E-state index contributed by atoms with van der Waals surface area (Å²) >= 11 is 0. The van der Waals surface area contributed by atoms with Crippen molar-refractivity contribution in [3.63, 3.8) is 0 Å². The predicted molar refractivity (Wildman–Crippen MR) is 137 cm³/mol. The van der Waals surface area contributed by atoms with E-state index < -0.39 is 11.2 Å². The lowest BCUT2D eigenvalue weighted by atomic mass is 10.1. The monoisotopic (exact) mass is 495 g/mol. The standard InChI is InChI=1S/C25H33N7O4/c1-14(2)12-20(33)26-13-16(4)21-27-22-18(17(5)28-32(22)29-21)10-8-15(3)9-11-19-23(34)30(6)25(36)31(7)24(19)35/h8-11,14,16,34H,12-13H2,1-7H3,(H,26,33). The van der Waals surface area contributed by atoms with Gasteiger partial charge >= 0.3 is 5.69 Å². The number of rotatable bonds is 8. The van der Waals surface area contributed by atoms with Gasteiger partial charge in [-0.25, -0.2) is 9.78 Å². The zero-order valence-electron chi connectivity index (χ0n) is 21.7. The molecular formula is C25H33N7O4. The molecule has 36 heavy (non-hydrogen) atoms. The van der Waals surface area contributed by atoms with Gasteiger partial charge in [0, 0.05) is 38.2 Å². The number of allylic oxidation sites excluding steroid dienone is 3. The topological polar surface area (TPSA) is 136 Å². The van der Waals surface area contributed by atoms with Crippen LogP contribution in [0, 0.1) is 12.8 Å². The van der Waals surface area contributed by atoms with Gasteiger partial charge in [-0.05, 0) is 31.9 Å². The molecule has 0 aromatic carbocycles. The van der Waals surface area contributed by atoms with Crippen molar-refractivity contribution in [1.82, 2.24) is 34.3 Å². The maximum absolute atomic E-state index is 12.4. The molecule has 11 heteroatoms. The Hall–Kier alpha value is -4.02. The predicted octanol–water partition coefficient (Wildman–Crippen LogP) is 0.961. The lowest BCUT2D eigenvalue weighted by Gasteiger charge is -2.10. The second-order valence-electron chi connectivity index (χ2n) is 9.44. The number of nitrogens with zero attached hydrogens (tertiary/aromatic N) is 6. The Balaban J connectivity index is 1.85. The summed E-state index contributed by atoms with van der Waals surface area (Å²) in [6.45, 7) is 10.1. The summed E-state index contributed by atoms with van der Waals surface area (Å²) in [5.74, 6) is 0.436. The van der Waals surface area contributed by atoms with Gasteiger partial charge in [-0.1, -0.05) is 38.5 Å². The van der Waals surface area contributed by atoms with Crippen LogP contribution in [0.4, 0.5) is 0 Å². The van der Waals surface area contributed by atoms with Gasteiger partial charge in [-0.15, -0.1) is 9.73 Å². The molecule has 0 bridgehead atoms. The number of aromatic nitrogens is 6. The van der Waals surface area contributed by atoms with E-state index in [4.69, 9.17) is 0 Å². The van der Waals surface area contributed by atoms with Gasteiger partial charge in [0.2, 0.25) is 11.8 Å². The van der Waals surface area contributed by atoms with Crippen LogP contribution in [0.5, 0.6) is 5.88 Å². The van der Waals surface area contributed by atoms with Crippen LogP contribution in [0.3, 0.4) is 0 Å². The van der Waals surface area contributed by atoms with Crippen LogP contribution < -0.4 is 21.8 Å². The molecule has 1 amide bonds. The fraction of sp³-hybridized carbons (Fsp3) is 0.440. The van der Waals surface area contributed by atoms with Crippen molar-refractivity contribution in [3.8, 4) is 5.88 Å². The maximum atomic E-state index is 12.4. The Labute approximate surface area is 208 Å². The van der Waals surface area contributed by atoms with Crippen LogP contribution in [0.2, 0.25) is 0 Å². The van der Waals surface area contributed by atoms with E-state index in [9.17, 15) is 19.5 Å². The zero-order chi connectivity index (χ0) is 26.7. The SMILES string of the molecule is CC(C=Cc1c(O)n(C)c(=O)n(C)c1=O)=CC=c1c(C)nn2nc(C(C)CNC(=O)CC(C)C)nc12. The Morgan fingerprint density at radius 1 is 1.14 bits per heavy atom. The van der Waals surface area contributed by atoms with Crippen LogP contribution in [-0.4, -0.2) is 46.5 Å². The smallest absolute Gasteiger partial charge is 0.333 e. The number of amides is 1. The Morgan fingerprint density at radius 2 is 1.83 bits per heavy atom. The number of carbonyl (C=O) groups is 1. The molecule has 0 saturated carbocycles. The largest absolute Gasteiger partial charge is 0.494 e. The highest BCUT2D eigenvalue weighted by atomic mass is 16.3. The van der Waals surface area contributed by atoms with Gasteiger partial charge in [0.1, 0.15) is 5.56 Å². The van der Waals surface area contributed by atoms with Gasteiger partial charge in [0.05, 0.1) is 5.69 Å². The molecule has 1 atom stereocenters. The third-order valence-electron chi connectivity index (χ3n) is 5.82. The number of hydrogen-bond acceptors (Lipinski definition) is 7. The highest BCUT2D eigenvalue weighted by Gasteiger charge is 2.17. The second-order valence-corrected chi connectivity index (χ2v) is 9.44. The maximum Gasteiger partial charge on any atom is 0.333 e. The molecule has 3 aromatic rings. The van der Waals surface area contributed by atoms with Gasteiger partial charge < -0.3 is 10.4 Å². The van der Waals surface area contributed by atoms with Gasteiger partial charge in [-0.2, -0.15) is 5.10 Å². The third-order valence-corrected chi connectivity index (χ3v) is 5.82. The highest BCUT2D eigenvalue weighted by molar-refractivity contribution is 5.76. The molecule has 0 saturated heterocycles. The quantitative estimate of drug-likeness (QED) is 0.444. The fourth-order valence-electron chi connectivity index (χ4n) is 3.61. The summed E-state index contributed by atoms with van der Waals surface area (Å²) in [5.41, 5.74) is 1.01. The van der Waals surface area contributed by atoms with E-state index in [1.54, 1.807) is 6.08 Å². The molecule has 0 fully saturated rings. The molecule has 3 heterocycles. The molecule has 192 valence electrons. The fourth-order valence-corrected chi connectivity index (χ4v) is 3.61. The summed E-state index contributed by atoms with van der Waals surface area (Å²) in [4.78, 5) is 40.9. The number of aryl methyl sites for hydroxylation is 1. The van der Waals surface area contributed by atoms with Crippen molar-refractivity contribution >= 4 is 23.7 Å². The average Bonchev–Trinajstić information content (AvgIpc) is 3.35. The van der Waals surface area contributed by atoms with E-state index in [1.807, 2.05) is 46.8 Å². The summed E-state index contributed by atoms with van der Waals surface area (Å²) in [5, 5.41) is 22.9. The molecule has 0 aliphatic carbocycles. The van der Waals surface area contributed by atoms with Crippen molar-refractivity contribution < 1.29 is 9.90 Å². The van der Waals surface area contributed by atoms with Crippen LogP contribution in [0.25, 0.3) is 17.8 Å². The van der Waals surface area contributed by atoms with Gasteiger partial charge in [0.25, 0.3) is 5.56 Å². The van der Waals surface area contributed by atoms with Gasteiger partial charge in [-0.3, -0.25) is 18.7 Å². The lowest BCUT2D eigenvalue weighted by molar-refractivity contribution is -0.121. The van der Waals surface area contributed by atoms with E-state index in [0.29, 0.717) is 30.4 Å². The number of nitrogens with one attached hydrogen (secondary N) is 1. The second kappa shape index (κ2) is 10.7. The first-order valence-corrected chi connectivity index (χ1v) is 11.8. The molecule has 3 rings (SSSR count). The van der Waals surface area contributed by atoms with Crippen LogP contribution >= 0.6 is 0 Å².